The smallest absolute Gasteiger partial charge is 0.160 e. The molecule has 1 N–H and O–H groups in total. The Balaban J connectivity index is 1.82. The number of aliphatic hydroxyl groups is 1. The second-order valence-electron chi connectivity index (χ2n) is 9.40. The number of nitriles is 1. The maximum Gasteiger partial charge on any atom is 0.160 e. The number of aryl methyl sites for hydroxylation is 1. The number of aliphatic hydroxyl groups excluding tert-OH is 1. The Bertz CT molecular complexity index is 1340. The van der Waals surface area contributed by atoms with Gasteiger partial charge in [0.05, 0.1) is 23.0 Å². The van der Waals surface area contributed by atoms with Crippen LogP contribution in [0.4, 0.5) is 4.39 Å². The third-order valence-corrected chi connectivity index (χ3v) is 7.48. The number of pyridine rings is 1. The van der Waals surface area contributed by atoms with Crippen molar-refractivity contribution in [2.24, 2.45) is 11.8 Å². The third-order valence-electron chi connectivity index (χ3n) is 7.48. The van der Waals surface area contributed by atoms with Gasteiger partial charge in [0, 0.05) is 40.4 Å². The number of rotatable bonds is 2. The Morgan fingerprint density at radius 1 is 1.18 bits per heavy atom. The first kappa shape index (κ1) is 21.3. The minimum atomic E-state index is -0.469. The first-order valence-electron chi connectivity index (χ1n) is 11.2. The fraction of sp³-hybridized carbons (Fsp3) is 0.333. The topological polar surface area (TPSA) is 82.7 Å². The molecule has 3 aromatic rings. The van der Waals surface area contributed by atoms with Crippen LogP contribution in [0.15, 0.2) is 54.1 Å². The van der Waals surface area contributed by atoms with Gasteiger partial charge in [0.15, 0.2) is 5.82 Å². The van der Waals surface area contributed by atoms with E-state index in [0.29, 0.717) is 35.5 Å². The van der Waals surface area contributed by atoms with Crippen LogP contribution in [0.3, 0.4) is 0 Å². The summed E-state index contributed by atoms with van der Waals surface area (Å²) in [6, 6.07) is 10.8. The Kier molecular flexibility index (Phi) is 5.01. The van der Waals surface area contributed by atoms with Gasteiger partial charge in [-0.1, -0.05) is 26.0 Å². The van der Waals surface area contributed by atoms with Crippen LogP contribution < -0.4 is 0 Å². The predicted molar refractivity (Wildman–Crippen MR) is 124 cm³/mol. The zero-order chi connectivity index (χ0) is 23.3. The number of fused-ring (bicyclic) bond motifs is 3. The number of aromatic nitrogens is 3. The monoisotopic (exact) mass is 440 g/mol. The van der Waals surface area contributed by atoms with Crippen LogP contribution in [0.2, 0.25) is 0 Å². The minimum Gasteiger partial charge on any atom is -0.511 e. The maximum absolute atomic E-state index is 15.0. The van der Waals surface area contributed by atoms with Gasteiger partial charge in [0.2, 0.25) is 0 Å². The summed E-state index contributed by atoms with van der Waals surface area (Å²) in [5.41, 5.74) is 4.55. The molecule has 0 bridgehead atoms. The van der Waals surface area contributed by atoms with E-state index in [1.165, 1.54) is 6.07 Å². The molecule has 166 valence electrons. The van der Waals surface area contributed by atoms with Gasteiger partial charge >= 0.3 is 0 Å². The molecule has 0 unspecified atom stereocenters. The van der Waals surface area contributed by atoms with E-state index >= 15 is 0 Å². The van der Waals surface area contributed by atoms with E-state index in [1.807, 2.05) is 26.0 Å². The highest BCUT2D eigenvalue weighted by Gasteiger charge is 2.50. The third kappa shape index (κ3) is 3.22. The molecule has 6 heteroatoms. The minimum absolute atomic E-state index is 0.122. The van der Waals surface area contributed by atoms with Gasteiger partial charge < -0.3 is 5.11 Å². The second-order valence-corrected chi connectivity index (χ2v) is 9.40. The molecule has 0 fully saturated rings. The summed E-state index contributed by atoms with van der Waals surface area (Å²) in [6.07, 6.45) is 5.37. The molecule has 2 aliphatic carbocycles. The number of halogens is 1. The lowest BCUT2D eigenvalue weighted by molar-refractivity contribution is 0.136. The van der Waals surface area contributed by atoms with Gasteiger partial charge in [-0.25, -0.2) is 14.4 Å². The number of benzene rings is 1. The van der Waals surface area contributed by atoms with Crippen LogP contribution in [-0.2, 0) is 11.8 Å². The van der Waals surface area contributed by atoms with Crippen molar-refractivity contribution >= 4 is 0 Å². The van der Waals surface area contributed by atoms with Crippen LogP contribution in [0.25, 0.3) is 22.6 Å². The lowest BCUT2D eigenvalue weighted by atomic mass is 9.56. The van der Waals surface area contributed by atoms with Crippen molar-refractivity contribution in [3.8, 4) is 28.7 Å². The molecule has 1 aromatic carbocycles. The first-order chi connectivity index (χ1) is 15.8. The van der Waals surface area contributed by atoms with Crippen LogP contribution in [-0.4, -0.2) is 20.1 Å². The first-order valence-corrected chi connectivity index (χ1v) is 11.2. The van der Waals surface area contributed by atoms with Gasteiger partial charge in [-0.2, -0.15) is 5.26 Å². The van der Waals surface area contributed by atoms with Gasteiger partial charge in [0.1, 0.15) is 11.6 Å². The molecule has 0 saturated carbocycles. The van der Waals surface area contributed by atoms with Crippen molar-refractivity contribution in [2.45, 2.75) is 45.4 Å². The Morgan fingerprint density at radius 3 is 2.70 bits per heavy atom. The molecule has 0 radical (unpaired) electrons. The molecule has 0 amide bonds. The van der Waals surface area contributed by atoms with E-state index in [-0.39, 0.29) is 23.4 Å². The van der Waals surface area contributed by atoms with Crippen molar-refractivity contribution in [1.82, 2.24) is 15.0 Å². The van der Waals surface area contributed by atoms with Crippen LogP contribution in [0.5, 0.6) is 0 Å². The fourth-order valence-corrected chi connectivity index (χ4v) is 5.74. The number of nitrogens with zero attached hydrogens (tertiary/aromatic N) is 4. The number of hydrogen-bond donors (Lipinski definition) is 1. The Hall–Kier alpha value is -3.59. The lowest BCUT2D eigenvalue weighted by Gasteiger charge is -2.48. The second kappa shape index (κ2) is 7.77. The zero-order valence-corrected chi connectivity index (χ0v) is 18.9. The molecule has 5 nitrogen and oxygen atoms in total. The summed E-state index contributed by atoms with van der Waals surface area (Å²) < 4.78 is 15.0. The van der Waals surface area contributed by atoms with Crippen molar-refractivity contribution in [3.63, 3.8) is 0 Å². The molecule has 0 saturated heterocycles. The molecule has 3 atom stereocenters. The Morgan fingerprint density at radius 2 is 1.97 bits per heavy atom. The largest absolute Gasteiger partial charge is 0.511 e. The van der Waals surface area contributed by atoms with Gasteiger partial charge in [-0.05, 0) is 55.9 Å². The summed E-state index contributed by atoms with van der Waals surface area (Å²) in [4.78, 5) is 14.1. The van der Waals surface area contributed by atoms with E-state index in [2.05, 4.69) is 18.0 Å². The van der Waals surface area contributed by atoms with Gasteiger partial charge in [-0.15, -0.1) is 0 Å². The van der Waals surface area contributed by atoms with Crippen LogP contribution in [0.1, 0.15) is 43.5 Å². The maximum atomic E-state index is 15.0. The van der Waals surface area contributed by atoms with Gasteiger partial charge in [0.25, 0.3) is 0 Å². The SMILES string of the molecule is Cc1cnccc1-c1nc(-c2ccccc2F)c2c(n1)[C@]1(C)CC(C#N)=C(O)[C@H](C)[C@H]1CC2. The summed E-state index contributed by atoms with van der Waals surface area (Å²) >= 11 is 0. The van der Waals surface area contributed by atoms with Crippen molar-refractivity contribution in [1.29, 1.82) is 5.26 Å². The fourth-order valence-electron chi connectivity index (χ4n) is 5.74. The molecule has 5 rings (SSSR count). The summed E-state index contributed by atoms with van der Waals surface area (Å²) in [5, 5.41) is 20.4. The molecule has 33 heavy (non-hydrogen) atoms. The average Bonchev–Trinajstić information content (AvgIpc) is 2.82. The van der Waals surface area contributed by atoms with Crippen molar-refractivity contribution in [3.05, 3.63) is 76.7 Å². The molecule has 0 aliphatic heterocycles. The zero-order valence-electron chi connectivity index (χ0n) is 18.9. The van der Waals surface area contributed by atoms with E-state index in [0.717, 1.165) is 28.8 Å². The van der Waals surface area contributed by atoms with E-state index in [4.69, 9.17) is 9.97 Å². The molecule has 2 heterocycles. The average molecular weight is 441 g/mol. The number of hydrogen-bond acceptors (Lipinski definition) is 5. The quantitative estimate of drug-likeness (QED) is 0.541. The molecule has 2 aliphatic rings. The standard InChI is InChI=1S/C27H25FN4O/c1-15-14-30-11-10-18(15)26-31-23(19-6-4-5-7-22(19)28)20-8-9-21-16(2)24(33)17(13-29)12-27(21,3)25(20)32-26/h4-7,10-11,14,16,21,33H,8-9,12H2,1-3H3/t16-,21-,27-/m1/s1. The summed E-state index contributed by atoms with van der Waals surface area (Å²) in [7, 11) is 0. The van der Waals surface area contributed by atoms with Crippen LogP contribution >= 0.6 is 0 Å². The van der Waals surface area contributed by atoms with E-state index in [9.17, 15) is 14.8 Å². The lowest BCUT2D eigenvalue weighted by Crippen LogP contribution is -2.45. The number of allylic oxidation sites excluding steroid dienone is 2. The van der Waals surface area contributed by atoms with Crippen molar-refractivity contribution < 1.29 is 9.50 Å². The normalized spacial score (nSPS) is 24.1. The van der Waals surface area contributed by atoms with Crippen molar-refractivity contribution in [2.75, 3.05) is 0 Å². The summed E-state index contributed by atoms with van der Waals surface area (Å²) in [5.74, 6) is 0.368. The highest BCUT2D eigenvalue weighted by molar-refractivity contribution is 5.70. The molecule has 2 aromatic heterocycles. The Labute approximate surface area is 192 Å². The molecule has 0 spiro atoms. The van der Waals surface area contributed by atoms with E-state index < -0.39 is 5.41 Å². The van der Waals surface area contributed by atoms with Crippen LogP contribution in [0, 0.1) is 35.9 Å². The van der Waals surface area contributed by atoms with E-state index in [1.54, 1.807) is 24.5 Å². The predicted octanol–water partition coefficient (Wildman–Crippen LogP) is 5.85. The van der Waals surface area contributed by atoms with Gasteiger partial charge in [-0.3, -0.25) is 4.98 Å². The highest BCUT2D eigenvalue weighted by atomic mass is 19.1. The highest BCUT2D eigenvalue weighted by Crippen LogP contribution is 2.54. The molecular weight excluding hydrogens is 415 g/mol. The summed E-state index contributed by atoms with van der Waals surface area (Å²) in [6.45, 7) is 6.06. The molecular formula is C27H25FN4O.